The maximum absolute atomic E-state index is 13.7. The van der Waals surface area contributed by atoms with Crippen molar-refractivity contribution < 1.29 is 33.3 Å². The van der Waals surface area contributed by atoms with Crippen LogP contribution in [0.4, 0.5) is 5.69 Å². The minimum absolute atomic E-state index is 0.0775. The highest BCUT2D eigenvalue weighted by Crippen LogP contribution is 2.79. The predicted octanol–water partition coefficient (Wildman–Crippen LogP) is 4.40. The first-order valence-electron chi connectivity index (χ1n) is 16.8. The summed E-state index contributed by atoms with van der Waals surface area (Å²) in [7, 11) is 5.64. The van der Waals surface area contributed by atoms with Crippen LogP contribution in [0.5, 0.6) is 0 Å². The quantitative estimate of drug-likeness (QED) is 0.390. The summed E-state index contributed by atoms with van der Waals surface area (Å²) >= 11 is 0. The lowest BCUT2D eigenvalue weighted by Crippen LogP contribution is -2.76. The van der Waals surface area contributed by atoms with Crippen LogP contribution in [0.25, 0.3) is 0 Å². The number of likely N-dealkylation sites (tertiary alicyclic amines) is 1. The molecule has 1 saturated heterocycles. The van der Waals surface area contributed by atoms with E-state index < -0.39 is 0 Å². The first-order chi connectivity index (χ1) is 21.3. The Morgan fingerprint density at radius 2 is 1.84 bits per heavy atom. The van der Waals surface area contributed by atoms with Crippen LogP contribution in [0, 0.1) is 40.4 Å². The minimum atomic E-state index is -0.385. The first-order valence-corrected chi connectivity index (χ1v) is 16.8. The van der Waals surface area contributed by atoms with Gasteiger partial charge in [0.25, 0.3) is 0 Å². The highest BCUT2D eigenvalue weighted by atomic mass is 16.5. The number of carbonyl (C=O) groups is 2. The zero-order valence-corrected chi connectivity index (χ0v) is 27.2. The molecule has 1 aromatic rings. The monoisotopic (exact) mass is 610 g/mol. The van der Waals surface area contributed by atoms with Gasteiger partial charge in [-0.2, -0.15) is 0 Å². The van der Waals surface area contributed by atoms with Gasteiger partial charge in [0.1, 0.15) is 0 Å². The van der Waals surface area contributed by atoms with Crippen molar-refractivity contribution in [3.63, 3.8) is 0 Å². The Bertz CT molecular complexity index is 1290. The summed E-state index contributed by atoms with van der Waals surface area (Å²) in [5.41, 5.74) is 0.285. The lowest BCUT2D eigenvalue weighted by atomic mass is 9.43. The molecule has 1 aromatic carbocycles. The van der Waals surface area contributed by atoms with E-state index in [0.29, 0.717) is 54.2 Å². The molecule has 1 amide bonds. The summed E-state index contributed by atoms with van der Waals surface area (Å²) in [6.07, 6.45) is 5.22. The highest BCUT2D eigenvalue weighted by Gasteiger charge is 2.84. The normalized spacial score (nSPS) is 44.8. The van der Waals surface area contributed by atoms with Crippen LogP contribution in [0.3, 0.4) is 0 Å². The third kappa shape index (κ3) is 3.88. The Morgan fingerprint density at radius 3 is 2.52 bits per heavy atom. The molecule has 7 bridgehead atoms. The zero-order valence-electron chi connectivity index (χ0n) is 27.2. The number of benzene rings is 1. The second-order valence-corrected chi connectivity index (χ2v) is 14.4. The SMILES string of the molecule is CCO[C@]12C[C@H](OC)[C@H]3C[C@H]([C@@H]1[C@H]3OC)[C@@]13[C@@H](OC)CC[C@@]4(COC(=O)c5ccccc5NC(C)=O)CN(CC)[C@@H]1[C@@H]2C[C@H]43. The fourth-order valence-electron chi connectivity index (χ4n) is 12.4. The average Bonchev–Trinajstić information content (AvgIpc) is 3.48. The average molecular weight is 611 g/mol. The fourth-order valence-corrected chi connectivity index (χ4v) is 12.4. The Morgan fingerprint density at radius 1 is 1.05 bits per heavy atom. The molecule has 5 aliphatic carbocycles. The molecule has 242 valence electrons. The fraction of sp³-hybridized carbons (Fsp3) is 0.771. The maximum atomic E-state index is 13.7. The van der Waals surface area contributed by atoms with Gasteiger partial charge in [-0.25, -0.2) is 4.79 Å². The van der Waals surface area contributed by atoms with Crippen molar-refractivity contribution in [1.29, 1.82) is 0 Å². The van der Waals surface area contributed by atoms with Crippen molar-refractivity contribution in [3.8, 4) is 0 Å². The summed E-state index contributed by atoms with van der Waals surface area (Å²) in [6.45, 7) is 8.71. The minimum Gasteiger partial charge on any atom is -0.461 e. The second-order valence-electron chi connectivity index (χ2n) is 14.4. The molecular formula is C35H50N2O7. The summed E-state index contributed by atoms with van der Waals surface area (Å²) in [4.78, 5) is 28.2. The predicted molar refractivity (Wildman–Crippen MR) is 164 cm³/mol. The highest BCUT2D eigenvalue weighted by molar-refractivity contribution is 6.00. The number of hydrogen-bond acceptors (Lipinski definition) is 8. The molecule has 0 unspecified atom stereocenters. The number of carbonyl (C=O) groups excluding carboxylic acids is 2. The van der Waals surface area contributed by atoms with Gasteiger partial charge in [0, 0.05) is 82.5 Å². The molecule has 6 aliphatic rings. The van der Waals surface area contributed by atoms with E-state index in [9.17, 15) is 9.59 Å². The molecule has 1 N–H and O–H groups in total. The van der Waals surface area contributed by atoms with Crippen molar-refractivity contribution in [2.24, 2.45) is 40.4 Å². The number of anilines is 1. The summed E-state index contributed by atoms with van der Waals surface area (Å²) in [5.74, 6) is 1.04. The molecule has 1 spiro atoms. The number of nitrogens with one attached hydrogen (secondary N) is 1. The van der Waals surface area contributed by atoms with Crippen LogP contribution in [-0.4, -0.2) is 94.4 Å². The van der Waals surface area contributed by atoms with Crippen molar-refractivity contribution in [2.75, 3.05) is 52.9 Å². The Kier molecular flexibility index (Phi) is 7.68. The van der Waals surface area contributed by atoms with Gasteiger partial charge < -0.3 is 29.0 Å². The van der Waals surface area contributed by atoms with E-state index >= 15 is 0 Å². The van der Waals surface area contributed by atoms with Gasteiger partial charge in [-0.1, -0.05) is 19.1 Å². The Balaban J connectivity index is 1.31. The van der Waals surface area contributed by atoms with E-state index in [2.05, 4.69) is 24.1 Å². The van der Waals surface area contributed by atoms with E-state index in [0.717, 1.165) is 45.2 Å². The molecule has 0 radical (unpaired) electrons. The number of ether oxygens (including phenoxy) is 5. The second kappa shape index (κ2) is 11.0. The van der Waals surface area contributed by atoms with Gasteiger partial charge in [0.05, 0.1) is 41.8 Å². The molecule has 12 atom stereocenters. The van der Waals surface area contributed by atoms with Crippen molar-refractivity contribution >= 4 is 17.6 Å². The lowest BCUT2D eigenvalue weighted by molar-refractivity contribution is -0.286. The van der Waals surface area contributed by atoms with Crippen LogP contribution in [0.15, 0.2) is 24.3 Å². The van der Waals surface area contributed by atoms with Gasteiger partial charge in [-0.3, -0.25) is 9.69 Å². The van der Waals surface area contributed by atoms with Crippen molar-refractivity contribution in [1.82, 2.24) is 4.90 Å². The van der Waals surface area contributed by atoms with E-state index in [4.69, 9.17) is 23.7 Å². The van der Waals surface area contributed by atoms with Crippen LogP contribution in [0.2, 0.25) is 0 Å². The summed E-state index contributed by atoms with van der Waals surface area (Å²) < 4.78 is 32.6. The standard InChI is InChI=1S/C35H50N2O7/c1-7-37-18-33(19-43-32(39)21-11-9-10-12-25(21)36-20(3)38)14-13-28(41-5)35-23-15-22-26(40-4)17-34(44-8-2,29(23)30(22)42-6)24(31(35)37)16-27(33)35/h9-12,22-24,26-31H,7-8,13-19H2,1-6H3,(H,36,38)/t22-,23-,24+,26+,27-,28+,29-,30+,31-,33+,34+,35-/m1/s1. The van der Waals surface area contributed by atoms with E-state index in [1.807, 2.05) is 33.5 Å². The van der Waals surface area contributed by atoms with Crippen LogP contribution >= 0.6 is 0 Å². The van der Waals surface area contributed by atoms with Gasteiger partial charge in [-0.05, 0) is 63.1 Å². The molecule has 5 saturated carbocycles. The van der Waals surface area contributed by atoms with Gasteiger partial charge in [0.15, 0.2) is 0 Å². The van der Waals surface area contributed by atoms with Gasteiger partial charge in [0.2, 0.25) is 5.91 Å². The van der Waals surface area contributed by atoms with E-state index in [1.165, 1.54) is 6.92 Å². The molecule has 1 heterocycles. The summed E-state index contributed by atoms with van der Waals surface area (Å²) in [5, 5.41) is 2.79. The molecule has 6 fully saturated rings. The largest absolute Gasteiger partial charge is 0.461 e. The van der Waals surface area contributed by atoms with Gasteiger partial charge >= 0.3 is 5.97 Å². The maximum Gasteiger partial charge on any atom is 0.340 e. The Labute approximate surface area is 261 Å². The zero-order chi connectivity index (χ0) is 31.0. The van der Waals surface area contributed by atoms with Crippen molar-refractivity contribution in [3.05, 3.63) is 29.8 Å². The first kappa shape index (κ1) is 30.6. The Hall–Kier alpha value is -2.04. The molecule has 9 heteroatoms. The number of piperidine rings is 1. The number of methoxy groups -OCH3 is 3. The number of fused-ring (bicyclic) bond motifs is 2. The smallest absolute Gasteiger partial charge is 0.340 e. The molecule has 7 rings (SSSR count). The molecule has 44 heavy (non-hydrogen) atoms. The van der Waals surface area contributed by atoms with Crippen LogP contribution < -0.4 is 5.32 Å². The number of amides is 1. The van der Waals surface area contributed by atoms with Crippen molar-refractivity contribution in [2.45, 2.75) is 82.8 Å². The number of esters is 1. The molecular weight excluding hydrogens is 560 g/mol. The van der Waals surface area contributed by atoms with Gasteiger partial charge in [-0.15, -0.1) is 0 Å². The number of para-hydroxylation sites is 1. The van der Waals surface area contributed by atoms with E-state index in [1.54, 1.807) is 12.1 Å². The van der Waals surface area contributed by atoms with Crippen LogP contribution in [-0.2, 0) is 28.5 Å². The van der Waals surface area contributed by atoms with E-state index in [-0.39, 0.29) is 52.5 Å². The number of nitrogens with zero attached hydrogens (tertiary/aromatic N) is 1. The molecule has 9 nitrogen and oxygen atoms in total. The third-order valence-corrected chi connectivity index (χ3v) is 13.3. The summed E-state index contributed by atoms with van der Waals surface area (Å²) in [6, 6.07) is 7.45. The number of hydrogen-bond donors (Lipinski definition) is 1. The lowest BCUT2D eigenvalue weighted by Gasteiger charge is -2.70. The molecule has 1 aliphatic heterocycles. The third-order valence-electron chi connectivity index (χ3n) is 13.3. The topological polar surface area (TPSA) is 95.6 Å². The molecule has 0 aromatic heterocycles. The van der Waals surface area contributed by atoms with Crippen LogP contribution in [0.1, 0.15) is 63.2 Å². The number of rotatable bonds is 10.